The maximum atomic E-state index is 10.0. The van der Waals surface area contributed by atoms with Gasteiger partial charge < -0.3 is 10.4 Å². The third-order valence-corrected chi connectivity index (χ3v) is 3.81. The van der Waals surface area contributed by atoms with Crippen LogP contribution in [0.3, 0.4) is 0 Å². The van der Waals surface area contributed by atoms with Crippen molar-refractivity contribution in [3.63, 3.8) is 0 Å². The summed E-state index contributed by atoms with van der Waals surface area (Å²) in [6.07, 6.45) is 4.97. The second-order valence-electron chi connectivity index (χ2n) is 4.58. The summed E-state index contributed by atoms with van der Waals surface area (Å²) in [5, 5.41) is 14.6. The van der Waals surface area contributed by atoms with Gasteiger partial charge in [-0.1, -0.05) is 42.5 Å². The fourth-order valence-electron chi connectivity index (χ4n) is 2.26. The van der Waals surface area contributed by atoms with E-state index >= 15 is 0 Å². The van der Waals surface area contributed by atoms with Crippen molar-refractivity contribution in [2.75, 3.05) is 5.32 Å². The lowest BCUT2D eigenvalue weighted by Crippen LogP contribution is -2.32. The van der Waals surface area contributed by atoms with Crippen molar-refractivity contribution in [3.8, 4) is 0 Å². The molecule has 1 saturated carbocycles. The van der Waals surface area contributed by atoms with Crippen LogP contribution in [-0.4, -0.2) is 17.3 Å². The van der Waals surface area contributed by atoms with Gasteiger partial charge in [0, 0.05) is 5.02 Å². The molecule has 2 N–H and O–H groups in total. The molecule has 2 atom stereocenters. The van der Waals surface area contributed by atoms with Gasteiger partial charge in [-0.15, -0.1) is 0 Å². The molecule has 0 radical (unpaired) electrons. The normalized spacial score (nSPS) is 25.4. The molecule has 1 fully saturated rings. The Morgan fingerprint density at radius 2 is 1.88 bits per heavy atom. The van der Waals surface area contributed by atoms with Crippen molar-refractivity contribution in [1.29, 1.82) is 0 Å². The number of rotatable bonds is 2. The van der Waals surface area contributed by atoms with E-state index in [1.54, 1.807) is 12.1 Å². The summed E-state index contributed by atoms with van der Waals surface area (Å²) in [5.74, 6) is 0. The quantitative estimate of drug-likeness (QED) is 0.796. The van der Waals surface area contributed by atoms with E-state index in [-0.39, 0.29) is 12.1 Å². The molecular weight excluding hydrogens is 257 g/mol. The van der Waals surface area contributed by atoms with Gasteiger partial charge in [0.2, 0.25) is 0 Å². The van der Waals surface area contributed by atoms with E-state index < -0.39 is 0 Å². The van der Waals surface area contributed by atoms with E-state index in [1.165, 1.54) is 6.42 Å². The Hall–Kier alpha value is -0.440. The van der Waals surface area contributed by atoms with E-state index in [0.717, 1.165) is 31.4 Å². The van der Waals surface area contributed by atoms with Crippen molar-refractivity contribution >= 4 is 28.9 Å². The van der Waals surface area contributed by atoms with Crippen molar-refractivity contribution in [2.45, 2.75) is 44.2 Å². The maximum absolute atomic E-state index is 10.0. The molecule has 1 aliphatic carbocycles. The van der Waals surface area contributed by atoms with Gasteiger partial charge in [-0.25, -0.2) is 0 Å². The van der Waals surface area contributed by atoms with Gasteiger partial charge in [0.05, 0.1) is 22.9 Å². The van der Waals surface area contributed by atoms with Crippen LogP contribution < -0.4 is 5.32 Å². The molecule has 0 aliphatic heterocycles. The van der Waals surface area contributed by atoms with Crippen molar-refractivity contribution < 1.29 is 5.11 Å². The molecule has 2 rings (SSSR count). The molecule has 4 heteroatoms. The summed E-state index contributed by atoms with van der Waals surface area (Å²) in [7, 11) is 0. The highest BCUT2D eigenvalue weighted by Gasteiger charge is 2.21. The Balaban J connectivity index is 2.10. The first-order chi connectivity index (χ1) is 8.16. The van der Waals surface area contributed by atoms with Crippen LogP contribution >= 0.6 is 23.2 Å². The van der Waals surface area contributed by atoms with Gasteiger partial charge in [0.25, 0.3) is 0 Å². The summed E-state index contributed by atoms with van der Waals surface area (Å²) in [6, 6.07) is 5.42. The van der Waals surface area contributed by atoms with Gasteiger partial charge in [0.1, 0.15) is 0 Å². The summed E-state index contributed by atoms with van der Waals surface area (Å²) in [4.78, 5) is 0. The number of aliphatic hydroxyl groups is 1. The fourth-order valence-corrected chi connectivity index (χ4v) is 2.61. The molecule has 0 bridgehead atoms. The number of halogens is 2. The molecule has 17 heavy (non-hydrogen) atoms. The molecule has 94 valence electrons. The van der Waals surface area contributed by atoms with Crippen LogP contribution in [0.1, 0.15) is 32.1 Å². The molecule has 0 aromatic heterocycles. The number of benzene rings is 1. The van der Waals surface area contributed by atoms with E-state index in [1.807, 2.05) is 6.07 Å². The minimum Gasteiger partial charge on any atom is -0.391 e. The smallest absolute Gasteiger partial charge is 0.0741 e. The topological polar surface area (TPSA) is 32.3 Å². The predicted molar refractivity (Wildman–Crippen MR) is 73.0 cm³/mol. The largest absolute Gasteiger partial charge is 0.391 e. The zero-order valence-corrected chi connectivity index (χ0v) is 11.1. The van der Waals surface area contributed by atoms with Crippen molar-refractivity contribution in [3.05, 3.63) is 28.2 Å². The number of anilines is 1. The Morgan fingerprint density at radius 1 is 1.12 bits per heavy atom. The minimum atomic E-state index is -0.299. The second kappa shape index (κ2) is 5.94. The van der Waals surface area contributed by atoms with Gasteiger partial charge in [-0.05, 0) is 31.0 Å². The molecule has 0 amide bonds. The molecule has 2 unspecified atom stereocenters. The van der Waals surface area contributed by atoms with Crippen LogP contribution in [0.15, 0.2) is 18.2 Å². The number of hydrogen-bond donors (Lipinski definition) is 2. The zero-order valence-electron chi connectivity index (χ0n) is 9.63. The number of aliphatic hydroxyl groups excluding tert-OH is 1. The summed E-state index contributed by atoms with van der Waals surface area (Å²) >= 11 is 12.0. The summed E-state index contributed by atoms with van der Waals surface area (Å²) in [6.45, 7) is 0. The lowest BCUT2D eigenvalue weighted by Gasteiger charge is -2.23. The van der Waals surface area contributed by atoms with Crippen molar-refractivity contribution in [1.82, 2.24) is 0 Å². The van der Waals surface area contributed by atoms with Gasteiger partial charge in [0.15, 0.2) is 0 Å². The third kappa shape index (κ3) is 3.51. The van der Waals surface area contributed by atoms with Gasteiger partial charge in [-0.3, -0.25) is 0 Å². The molecule has 0 spiro atoms. The molecule has 1 aromatic carbocycles. The van der Waals surface area contributed by atoms with Gasteiger partial charge >= 0.3 is 0 Å². The molecule has 0 saturated heterocycles. The van der Waals surface area contributed by atoms with Crippen LogP contribution in [0.2, 0.25) is 10.0 Å². The highest BCUT2D eigenvalue weighted by atomic mass is 35.5. The standard InChI is InChI=1S/C13H17Cl2NO/c14-9-6-7-10(15)12(8-9)16-11-4-2-1-3-5-13(11)17/h6-8,11,13,16-17H,1-5H2. The number of nitrogens with one attached hydrogen (secondary N) is 1. The first kappa shape index (κ1) is 13.0. The summed E-state index contributed by atoms with van der Waals surface area (Å²) in [5.41, 5.74) is 0.810. The maximum Gasteiger partial charge on any atom is 0.0741 e. The predicted octanol–water partition coefficient (Wildman–Crippen LogP) is 4.10. The average molecular weight is 274 g/mol. The van der Waals surface area contributed by atoms with Crippen LogP contribution in [0.4, 0.5) is 5.69 Å². The van der Waals surface area contributed by atoms with Gasteiger partial charge in [-0.2, -0.15) is 0 Å². The Kier molecular flexibility index (Phi) is 4.55. The van der Waals surface area contributed by atoms with Crippen LogP contribution in [0.5, 0.6) is 0 Å². The van der Waals surface area contributed by atoms with E-state index in [0.29, 0.717) is 10.0 Å². The van der Waals surface area contributed by atoms with Crippen molar-refractivity contribution in [2.24, 2.45) is 0 Å². The first-order valence-electron chi connectivity index (χ1n) is 6.06. The highest BCUT2D eigenvalue weighted by molar-refractivity contribution is 6.35. The van der Waals surface area contributed by atoms with Crippen LogP contribution in [0, 0.1) is 0 Å². The summed E-state index contributed by atoms with van der Waals surface area (Å²) < 4.78 is 0. The molecule has 1 aromatic rings. The average Bonchev–Trinajstić information content (AvgIpc) is 2.50. The SMILES string of the molecule is OC1CCCCCC1Nc1cc(Cl)ccc1Cl. The Bertz CT molecular complexity index is 384. The highest BCUT2D eigenvalue weighted by Crippen LogP contribution is 2.28. The molecule has 0 heterocycles. The first-order valence-corrected chi connectivity index (χ1v) is 6.82. The fraction of sp³-hybridized carbons (Fsp3) is 0.538. The van der Waals surface area contributed by atoms with E-state index in [2.05, 4.69) is 5.32 Å². The lowest BCUT2D eigenvalue weighted by molar-refractivity contribution is 0.144. The zero-order chi connectivity index (χ0) is 12.3. The molecule has 2 nitrogen and oxygen atoms in total. The number of hydrogen-bond acceptors (Lipinski definition) is 2. The van der Waals surface area contributed by atoms with E-state index in [4.69, 9.17) is 23.2 Å². The van der Waals surface area contributed by atoms with E-state index in [9.17, 15) is 5.11 Å². The second-order valence-corrected chi connectivity index (χ2v) is 5.42. The minimum absolute atomic E-state index is 0.0773. The Labute approximate surface area is 112 Å². The monoisotopic (exact) mass is 273 g/mol. The van der Waals surface area contributed by atoms with Crippen LogP contribution in [0.25, 0.3) is 0 Å². The third-order valence-electron chi connectivity index (χ3n) is 3.25. The molecular formula is C13H17Cl2NO. The molecule has 1 aliphatic rings. The lowest BCUT2D eigenvalue weighted by atomic mass is 10.1. The van der Waals surface area contributed by atoms with Crippen LogP contribution in [-0.2, 0) is 0 Å². The Morgan fingerprint density at radius 3 is 2.71 bits per heavy atom.